The van der Waals surface area contributed by atoms with Crippen LogP contribution in [-0.2, 0) is 24.2 Å². The van der Waals surface area contributed by atoms with Gasteiger partial charge in [-0.3, -0.25) is 13.9 Å². The van der Waals surface area contributed by atoms with Gasteiger partial charge in [0.2, 0.25) is 0 Å². The summed E-state index contributed by atoms with van der Waals surface area (Å²) in [5.74, 6) is -1.10. The minimum atomic E-state index is -1.10. The fraction of sp³-hybridized carbons (Fsp3) is 0.316. The minimum absolute atomic E-state index is 0.0773. The molecule has 8 heteroatoms. The van der Waals surface area contributed by atoms with Gasteiger partial charge in [-0.2, -0.15) is 0 Å². The third-order valence-electron chi connectivity index (χ3n) is 4.47. The third-order valence-corrected chi connectivity index (χ3v) is 5.78. The number of ether oxygens (including phenoxy) is 1. The standard InChI is InChI=1S/C19H20N2O5S/c1-12-14-16(22)20(9-8-13-6-4-3-5-7-13)19(25)21(10-11-26-2)17(14)27-15(12)18(23)24/h3-7H,8-11H2,1-2H3,(H,23,24). The molecule has 0 spiro atoms. The largest absolute Gasteiger partial charge is 0.477 e. The highest BCUT2D eigenvalue weighted by Gasteiger charge is 2.22. The lowest BCUT2D eigenvalue weighted by atomic mass is 10.1. The molecule has 7 nitrogen and oxygen atoms in total. The molecule has 0 aliphatic carbocycles. The Morgan fingerprint density at radius 2 is 1.85 bits per heavy atom. The molecule has 1 aromatic carbocycles. The smallest absolute Gasteiger partial charge is 0.346 e. The summed E-state index contributed by atoms with van der Waals surface area (Å²) < 4.78 is 7.71. The molecule has 0 aliphatic heterocycles. The van der Waals surface area contributed by atoms with Gasteiger partial charge in [-0.25, -0.2) is 9.59 Å². The molecular formula is C19H20N2O5S. The molecule has 0 atom stereocenters. The van der Waals surface area contributed by atoms with Crippen LogP contribution in [0, 0.1) is 6.92 Å². The molecule has 0 unspecified atom stereocenters. The maximum absolute atomic E-state index is 13.0. The Morgan fingerprint density at radius 1 is 1.15 bits per heavy atom. The van der Waals surface area contributed by atoms with Gasteiger partial charge in [0.1, 0.15) is 9.71 Å². The van der Waals surface area contributed by atoms with Gasteiger partial charge in [0.15, 0.2) is 0 Å². The van der Waals surface area contributed by atoms with E-state index in [0.29, 0.717) is 22.2 Å². The number of nitrogens with zero attached hydrogens (tertiary/aromatic N) is 2. The molecule has 0 amide bonds. The van der Waals surface area contributed by atoms with Crippen LogP contribution in [-0.4, -0.2) is 33.9 Å². The molecule has 2 heterocycles. The average molecular weight is 388 g/mol. The van der Waals surface area contributed by atoms with Crippen LogP contribution >= 0.6 is 11.3 Å². The lowest BCUT2D eigenvalue weighted by Crippen LogP contribution is -2.40. The van der Waals surface area contributed by atoms with Crippen LogP contribution < -0.4 is 11.2 Å². The number of hydrogen-bond donors (Lipinski definition) is 1. The van der Waals surface area contributed by atoms with Crippen molar-refractivity contribution in [2.75, 3.05) is 13.7 Å². The number of carbonyl (C=O) groups is 1. The highest BCUT2D eigenvalue weighted by atomic mass is 32.1. The molecular weight excluding hydrogens is 368 g/mol. The molecule has 0 bridgehead atoms. The Labute approximate surface area is 159 Å². The molecule has 0 saturated carbocycles. The molecule has 0 radical (unpaired) electrons. The Hall–Kier alpha value is -2.71. The van der Waals surface area contributed by atoms with Gasteiger partial charge in [-0.05, 0) is 24.5 Å². The molecule has 3 rings (SSSR count). The van der Waals surface area contributed by atoms with E-state index in [2.05, 4.69) is 0 Å². The highest BCUT2D eigenvalue weighted by Crippen LogP contribution is 2.27. The van der Waals surface area contributed by atoms with E-state index in [1.54, 1.807) is 6.92 Å². The fourth-order valence-electron chi connectivity index (χ4n) is 3.06. The summed E-state index contributed by atoms with van der Waals surface area (Å²) >= 11 is 0.955. The van der Waals surface area contributed by atoms with Gasteiger partial charge >= 0.3 is 11.7 Å². The summed E-state index contributed by atoms with van der Waals surface area (Å²) in [6.45, 7) is 2.36. The van der Waals surface area contributed by atoms with E-state index in [-0.39, 0.29) is 24.6 Å². The van der Waals surface area contributed by atoms with Crippen LogP contribution in [0.3, 0.4) is 0 Å². The van der Waals surface area contributed by atoms with Crippen molar-refractivity contribution >= 4 is 27.5 Å². The molecule has 142 valence electrons. The van der Waals surface area contributed by atoms with E-state index in [1.165, 1.54) is 16.2 Å². The van der Waals surface area contributed by atoms with Crippen molar-refractivity contribution in [3.63, 3.8) is 0 Å². The fourth-order valence-corrected chi connectivity index (χ4v) is 4.22. The van der Waals surface area contributed by atoms with Crippen molar-refractivity contribution in [1.82, 2.24) is 9.13 Å². The number of thiophene rings is 1. The van der Waals surface area contributed by atoms with Crippen LogP contribution in [0.15, 0.2) is 39.9 Å². The predicted molar refractivity (Wildman–Crippen MR) is 104 cm³/mol. The summed E-state index contributed by atoms with van der Waals surface area (Å²) in [5.41, 5.74) is 0.521. The van der Waals surface area contributed by atoms with Gasteiger partial charge in [-0.15, -0.1) is 11.3 Å². The van der Waals surface area contributed by atoms with Crippen LogP contribution in [0.25, 0.3) is 10.2 Å². The quantitative estimate of drug-likeness (QED) is 0.670. The summed E-state index contributed by atoms with van der Waals surface area (Å²) in [7, 11) is 1.52. The van der Waals surface area contributed by atoms with Crippen molar-refractivity contribution in [2.24, 2.45) is 0 Å². The lowest BCUT2D eigenvalue weighted by Gasteiger charge is -2.12. The van der Waals surface area contributed by atoms with Crippen molar-refractivity contribution < 1.29 is 14.6 Å². The topological polar surface area (TPSA) is 90.5 Å². The summed E-state index contributed by atoms with van der Waals surface area (Å²) in [6.07, 6.45) is 0.529. The molecule has 0 aliphatic rings. The normalized spacial score (nSPS) is 11.2. The number of aryl methyl sites for hydroxylation is 2. The number of aromatic nitrogens is 2. The van der Waals surface area contributed by atoms with Gasteiger partial charge in [0.05, 0.1) is 18.5 Å². The zero-order valence-corrected chi connectivity index (χ0v) is 15.9. The molecule has 0 saturated heterocycles. The number of carboxylic acids is 1. The number of benzene rings is 1. The predicted octanol–water partition coefficient (Wildman–Crippen LogP) is 2.12. The first-order valence-corrected chi connectivity index (χ1v) is 9.30. The van der Waals surface area contributed by atoms with E-state index in [9.17, 15) is 19.5 Å². The SMILES string of the molecule is COCCn1c(=O)n(CCc2ccccc2)c(=O)c2c(C)c(C(=O)O)sc21. The number of hydrogen-bond acceptors (Lipinski definition) is 5. The summed E-state index contributed by atoms with van der Waals surface area (Å²) in [5, 5.41) is 9.70. The number of methoxy groups -OCH3 is 1. The Morgan fingerprint density at radius 3 is 2.48 bits per heavy atom. The Balaban J connectivity index is 2.18. The summed E-state index contributed by atoms with van der Waals surface area (Å²) in [6, 6.07) is 9.58. The zero-order valence-electron chi connectivity index (χ0n) is 15.1. The minimum Gasteiger partial charge on any atom is -0.477 e. The maximum atomic E-state index is 13.0. The first-order valence-electron chi connectivity index (χ1n) is 8.48. The van der Waals surface area contributed by atoms with Crippen molar-refractivity contribution in [3.8, 4) is 0 Å². The Kier molecular flexibility index (Phi) is 5.57. The van der Waals surface area contributed by atoms with Gasteiger partial charge in [0, 0.05) is 13.7 Å². The molecule has 27 heavy (non-hydrogen) atoms. The van der Waals surface area contributed by atoms with Gasteiger partial charge in [-0.1, -0.05) is 30.3 Å². The number of aromatic carboxylic acids is 1. The van der Waals surface area contributed by atoms with Crippen molar-refractivity contribution in [2.45, 2.75) is 26.4 Å². The van der Waals surface area contributed by atoms with E-state index < -0.39 is 17.2 Å². The lowest BCUT2D eigenvalue weighted by molar-refractivity contribution is 0.0701. The van der Waals surface area contributed by atoms with Gasteiger partial charge < -0.3 is 9.84 Å². The second-order valence-electron chi connectivity index (χ2n) is 6.16. The number of rotatable bonds is 7. The Bertz CT molecular complexity index is 1100. The van der Waals surface area contributed by atoms with Crippen molar-refractivity contribution in [3.05, 3.63) is 67.2 Å². The zero-order chi connectivity index (χ0) is 19.6. The second kappa shape index (κ2) is 7.89. The van der Waals surface area contributed by atoms with Crippen molar-refractivity contribution in [1.29, 1.82) is 0 Å². The van der Waals surface area contributed by atoms with E-state index in [0.717, 1.165) is 16.9 Å². The maximum Gasteiger partial charge on any atom is 0.346 e. The number of carboxylic acid groups (broad SMARTS) is 1. The van der Waals surface area contributed by atoms with Crippen LogP contribution in [0.4, 0.5) is 0 Å². The van der Waals surface area contributed by atoms with Gasteiger partial charge in [0.25, 0.3) is 5.56 Å². The van der Waals surface area contributed by atoms with E-state index >= 15 is 0 Å². The highest BCUT2D eigenvalue weighted by molar-refractivity contribution is 7.20. The molecule has 0 fully saturated rings. The molecule has 3 aromatic rings. The first-order chi connectivity index (χ1) is 13.0. The first kappa shape index (κ1) is 19.1. The van der Waals surface area contributed by atoms with Crippen LogP contribution in [0.2, 0.25) is 0 Å². The van der Waals surface area contributed by atoms with E-state index in [4.69, 9.17) is 4.74 Å². The monoisotopic (exact) mass is 388 g/mol. The van der Waals surface area contributed by atoms with Crippen LogP contribution in [0.1, 0.15) is 20.8 Å². The summed E-state index contributed by atoms with van der Waals surface area (Å²) in [4.78, 5) is 37.9. The molecule has 1 N–H and O–H groups in total. The number of fused-ring (bicyclic) bond motifs is 1. The van der Waals surface area contributed by atoms with Crippen LogP contribution in [0.5, 0.6) is 0 Å². The van der Waals surface area contributed by atoms with E-state index in [1.807, 2.05) is 30.3 Å². The third kappa shape index (κ3) is 3.58. The second-order valence-corrected chi connectivity index (χ2v) is 7.16. The average Bonchev–Trinajstić information content (AvgIpc) is 3.00. The molecule has 2 aromatic heterocycles.